The Morgan fingerprint density at radius 1 is 1.00 bits per heavy atom. The van der Waals surface area contributed by atoms with Crippen molar-refractivity contribution in [2.45, 2.75) is 19.4 Å². The summed E-state index contributed by atoms with van der Waals surface area (Å²) in [6.07, 6.45) is 0.956. The molecule has 2 aliphatic rings. The Balaban J connectivity index is 1.39. The summed E-state index contributed by atoms with van der Waals surface area (Å²) >= 11 is 6.11. The molecule has 0 radical (unpaired) electrons. The summed E-state index contributed by atoms with van der Waals surface area (Å²) in [5.41, 5.74) is 3.52. The van der Waals surface area contributed by atoms with Gasteiger partial charge in [0.2, 0.25) is 5.91 Å². The van der Waals surface area contributed by atoms with Crippen LogP contribution in [-0.4, -0.2) is 49.6 Å². The van der Waals surface area contributed by atoms with Crippen molar-refractivity contribution < 1.29 is 4.79 Å². The molecule has 5 heteroatoms. The van der Waals surface area contributed by atoms with Gasteiger partial charge >= 0.3 is 0 Å². The molecule has 4 rings (SSSR count). The van der Waals surface area contributed by atoms with E-state index in [0.717, 1.165) is 55.5 Å². The predicted octanol–water partition coefficient (Wildman–Crippen LogP) is 3.44. The Morgan fingerprint density at radius 2 is 1.77 bits per heavy atom. The number of carbonyl (C=O) groups excluding carboxylic acids is 1. The van der Waals surface area contributed by atoms with Gasteiger partial charge in [-0.3, -0.25) is 9.69 Å². The van der Waals surface area contributed by atoms with Gasteiger partial charge in [-0.05, 0) is 43.2 Å². The van der Waals surface area contributed by atoms with Crippen molar-refractivity contribution in [3.05, 3.63) is 59.1 Å². The molecule has 2 aromatic carbocycles. The third-order valence-electron chi connectivity index (χ3n) is 5.55. The second-order valence-electron chi connectivity index (χ2n) is 7.05. The van der Waals surface area contributed by atoms with Crippen molar-refractivity contribution in [2.75, 3.05) is 42.5 Å². The third-order valence-corrected chi connectivity index (χ3v) is 5.78. The molecule has 2 aliphatic heterocycles. The van der Waals surface area contributed by atoms with E-state index in [1.54, 1.807) is 0 Å². The molecule has 0 aromatic heterocycles. The van der Waals surface area contributed by atoms with Gasteiger partial charge in [-0.2, -0.15) is 0 Å². The summed E-state index contributed by atoms with van der Waals surface area (Å²) in [6.45, 7) is 6.43. The zero-order valence-corrected chi connectivity index (χ0v) is 15.8. The minimum absolute atomic E-state index is 0.0948. The summed E-state index contributed by atoms with van der Waals surface area (Å²) < 4.78 is 0. The Labute approximate surface area is 160 Å². The Morgan fingerprint density at radius 3 is 2.54 bits per heavy atom. The standard InChI is InChI=1S/C21H24ClN3O/c1-16(21(26)25-10-9-17-5-2-3-8-20(17)25)23-11-13-24(14-12-23)19-7-4-6-18(22)15-19/h2-8,15-16H,9-14H2,1H3/t16-/m1/s1. The van der Waals surface area contributed by atoms with Crippen LogP contribution in [0.3, 0.4) is 0 Å². The van der Waals surface area contributed by atoms with E-state index in [2.05, 4.69) is 28.0 Å². The fraction of sp³-hybridized carbons (Fsp3) is 0.381. The van der Waals surface area contributed by atoms with E-state index in [-0.39, 0.29) is 11.9 Å². The third kappa shape index (κ3) is 3.31. The largest absolute Gasteiger partial charge is 0.369 e. The molecule has 1 atom stereocenters. The van der Waals surface area contributed by atoms with Crippen molar-refractivity contribution in [2.24, 2.45) is 0 Å². The second-order valence-corrected chi connectivity index (χ2v) is 7.48. The first-order valence-electron chi connectivity index (χ1n) is 9.27. The number of halogens is 1. The molecule has 1 saturated heterocycles. The van der Waals surface area contributed by atoms with E-state index >= 15 is 0 Å². The molecule has 136 valence electrons. The summed E-state index contributed by atoms with van der Waals surface area (Å²) in [7, 11) is 0. The molecule has 0 unspecified atom stereocenters. The van der Waals surface area contributed by atoms with Crippen LogP contribution in [0.25, 0.3) is 0 Å². The Kier molecular flexibility index (Phi) is 4.88. The lowest BCUT2D eigenvalue weighted by Crippen LogP contribution is -2.54. The number of fused-ring (bicyclic) bond motifs is 1. The lowest BCUT2D eigenvalue weighted by atomic mass is 10.1. The molecule has 0 aliphatic carbocycles. The normalized spacial score (nSPS) is 18.7. The molecule has 0 bridgehead atoms. The van der Waals surface area contributed by atoms with Crippen LogP contribution in [0.1, 0.15) is 12.5 Å². The van der Waals surface area contributed by atoms with Gasteiger partial charge in [0.25, 0.3) is 0 Å². The molecule has 2 heterocycles. The number of nitrogens with zero attached hydrogens (tertiary/aromatic N) is 3. The number of piperazine rings is 1. The lowest BCUT2D eigenvalue weighted by Gasteiger charge is -2.39. The van der Waals surface area contributed by atoms with Gasteiger partial charge in [0.15, 0.2) is 0 Å². The smallest absolute Gasteiger partial charge is 0.244 e. The van der Waals surface area contributed by atoms with Crippen molar-refractivity contribution in [1.82, 2.24) is 4.90 Å². The number of para-hydroxylation sites is 1. The highest BCUT2D eigenvalue weighted by Crippen LogP contribution is 2.29. The number of amides is 1. The van der Waals surface area contributed by atoms with Gasteiger partial charge in [0, 0.05) is 49.1 Å². The summed E-state index contributed by atoms with van der Waals surface area (Å²) in [6, 6.07) is 16.1. The average Bonchev–Trinajstić information content (AvgIpc) is 3.11. The van der Waals surface area contributed by atoms with Gasteiger partial charge in [-0.25, -0.2) is 0 Å². The number of hydrogen-bond donors (Lipinski definition) is 0. The fourth-order valence-electron chi connectivity index (χ4n) is 3.99. The van der Waals surface area contributed by atoms with Crippen molar-refractivity contribution in [1.29, 1.82) is 0 Å². The van der Waals surface area contributed by atoms with Crippen LogP contribution in [0.2, 0.25) is 5.02 Å². The van der Waals surface area contributed by atoms with Crippen molar-refractivity contribution in [3.8, 4) is 0 Å². The van der Waals surface area contributed by atoms with Gasteiger partial charge < -0.3 is 9.80 Å². The highest BCUT2D eigenvalue weighted by Gasteiger charge is 2.32. The van der Waals surface area contributed by atoms with E-state index < -0.39 is 0 Å². The monoisotopic (exact) mass is 369 g/mol. The lowest BCUT2D eigenvalue weighted by molar-refractivity contribution is -0.123. The van der Waals surface area contributed by atoms with Crippen LogP contribution in [0.15, 0.2) is 48.5 Å². The quantitative estimate of drug-likeness (QED) is 0.829. The van der Waals surface area contributed by atoms with Gasteiger partial charge in [-0.15, -0.1) is 0 Å². The van der Waals surface area contributed by atoms with Crippen molar-refractivity contribution in [3.63, 3.8) is 0 Å². The first-order valence-corrected chi connectivity index (χ1v) is 9.65. The van der Waals surface area contributed by atoms with Crippen LogP contribution in [-0.2, 0) is 11.2 Å². The van der Waals surface area contributed by atoms with Gasteiger partial charge in [0.05, 0.1) is 6.04 Å². The van der Waals surface area contributed by atoms with Crippen LogP contribution < -0.4 is 9.80 Å². The number of rotatable bonds is 3. The van der Waals surface area contributed by atoms with E-state index in [4.69, 9.17) is 11.6 Å². The number of anilines is 2. The molecule has 1 amide bonds. The Hall–Kier alpha value is -2.04. The predicted molar refractivity (Wildman–Crippen MR) is 107 cm³/mol. The zero-order valence-electron chi connectivity index (χ0n) is 15.1. The SMILES string of the molecule is C[C@H](C(=O)N1CCc2ccccc21)N1CCN(c2cccc(Cl)c2)CC1. The second kappa shape index (κ2) is 7.29. The molecular weight excluding hydrogens is 346 g/mol. The maximum atomic E-state index is 13.1. The first kappa shape index (κ1) is 17.4. The minimum Gasteiger partial charge on any atom is -0.369 e. The maximum absolute atomic E-state index is 13.1. The van der Waals surface area contributed by atoms with Crippen LogP contribution >= 0.6 is 11.6 Å². The fourth-order valence-corrected chi connectivity index (χ4v) is 4.17. The van der Waals surface area contributed by atoms with E-state index in [0.29, 0.717) is 0 Å². The maximum Gasteiger partial charge on any atom is 0.244 e. The molecule has 2 aromatic rings. The topological polar surface area (TPSA) is 26.8 Å². The summed E-state index contributed by atoms with van der Waals surface area (Å²) in [5.74, 6) is 0.214. The van der Waals surface area contributed by atoms with Gasteiger partial charge in [-0.1, -0.05) is 35.9 Å². The van der Waals surface area contributed by atoms with Crippen LogP contribution in [0.4, 0.5) is 11.4 Å². The molecule has 0 saturated carbocycles. The van der Waals surface area contributed by atoms with E-state index in [9.17, 15) is 4.79 Å². The minimum atomic E-state index is -0.0948. The number of hydrogen-bond acceptors (Lipinski definition) is 3. The van der Waals surface area contributed by atoms with Crippen LogP contribution in [0.5, 0.6) is 0 Å². The molecule has 26 heavy (non-hydrogen) atoms. The van der Waals surface area contributed by atoms with Crippen molar-refractivity contribution >= 4 is 28.9 Å². The molecule has 1 fully saturated rings. The summed E-state index contributed by atoms with van der Waals surface area (Å²) in [5, 5.41) is 0.765. The Bertz CT molecular complexity index is 801. The average molecular weight is 370 g/mol. The molecule has 0 N–H and O–H groups in total. The zero-order chi connectivity index (χ0) is 18.1. The number of benzene rings is 2. The van der Waals surface area contributed by atoms with E-state index in [1.165, 1.54) is 5.56 Å². The molecule has 0 spiro atoms. The molecule has 4 nitrogen and oxygen atoms in total. The number of carbonyl (C=O) groups is 1. The van der Waals surface area contributed by atoms with E-state index in [1.807, 2.05) is 42.2 Å². The molecular formula is C21H24ClN3O. The van der Waals surface area contributed by atoms with Crippen LogP contribution in [0, 0.1) is 0 Å². The first-order chi connectivity index (χ1) is 12.6. The highest BCUT2D eigenvalue weighted by atomic mass is 35.5. The summed E-state index contributed by atoms with van der Waals surface area (Å²) in [4.78, 5) is 19.7. The van der Waals surface area contributed by atoms with Gasteiger partial charge in [0.1, 0.15) is 0 Å². The highest BCUT2D eigenvalue weighted by molar-refractivity contribution is 6.30.